The van der Waals surface area contributed by atoms with Gasteiger partial charge in [0.25, 0.3) is 5.91 Å². The minimum Gasteiger partial charge on any atom is -0.543 e. The average Bonchev–Trinajstić information content (AvgIpc) is 3.35. The van der Waals surface area contributed by atoms with Gasteiger partial charge in [0.2, 0.25) is 5.91 Å². The normalized spacial score (nSPS) is 19.6. The van der Waals surface area contributed by atoms with E-state index >= 15 is 0 Å². The van der Waals surface area contributed by atoms with Crippen LogP contribution in [-0.4, -0.2) is 81.5 Å². The Kier molecular flexibility index (Phi) is 8.99. The minimum absolute atomic E-state index is 0. The molecule has 4 heterocycles. The van der Waals surface area contributed by atoms with E-state index in [2.05, 4.69) is 31.0 Å². The molecule has 31 heavy (non-hydrogen) atoms. The summed E-state index contributed by atoms with van der Waals surface area (Å²) in [5, 5.41) is 33.1. The number of nitrogens with zero attached hydrogens (tertiary/aromatic N) is 7. The number of aliphatic carboxylic acids is 1. The maximum Gasteiger partial charge on any atom is 1.00 e. The van der Waals surface area contributed by atoms with Crippen molar-refractivity contribution in [2.75, 3.05) is 11.5 Å². The monoisotopic (exact) mass is 494 g/mol. The fourth-order valence-electron chi connectivity index (χ4n) is 2.89. The molecule has 2 aliphatic rings. The number of hydrogen-bond acceptors (Lipinski definition) is 12. The van der Waals surface area contributed by atoms with Crippen molar-refractivity contribution < 1.29 is 54.5 Å². The van der Waals surface area contributed by atoms with Crippen molar-refractivity contribution in [2.45, 2.75) is 29.2 Å². The fraction of sp³-hybridized carbons (Fsp3) is 0.429. The van der Waals surface area contributed by atoms with E-state index in [1.165, 1.54) is 50.8 Å². The number of carboxylic acid groups (broad SMARTS) is 1. The van der Waals surface area contributed by atoms with Crippen LogP contribution in [0.1, 0.15) is 5.01 Å². The van der Waals surface area contributed by atoms with Crippen molar-refractivity contribution in [3.05, 3.63) is 22.6 Å². The number of carboxylic acids is 1. The van der Waals surface area contributed by atoms with Crippen LogP contribution in [0, 0.1) is 6.92 Å². The van der Waals surface area contributed by atoms with Crippen LogP contribution >= 0.6 is 34.9 Å². The SMILES string of the molecule is Cc1nnc(SCC2=C(C(=O)[O-])N3C(=O)C(NC(=O)Cn4cnnn4)C3SC2)s1.O.[Na+]. The van der Waals surface area contributed by atoms with Gasteiger partial charge < -0.3 is 20.7 Å². The first-order chi connectivity index (χ1) is 13.9. The Morgan fingerprint density at radius 2 is 2.16 bits per heavy atom. The van der Waals surface area contributed by atoms with Gasteiger partial charge in [-0.1, -0.05) is 23.1 Å². The number of β-lactam (4-membered cyclic amide) rings is 1. The molecule has 13 nitrogen and oxygen atoms in total. The molecule has 0 radical (unpaired) electrons. The van der Waals surface area contributed by atoms with Gasteiger partial charge in [-0.15, -0.1) is 27.1 Å². The fourth-order valence-corrected chi connectivity index (χ4v) is 6.19. The molecule has 2 atom stereocenters. The number of carbonyl (C=O) groups is 3. The van der Waals surface area contributed by atoms with Gasteiger partial charge in [-0.05, 0) is 22.9 Å². The number of fused-ring (bicyclic) bond motifs is 1. The molecular weight excluding hydrogens is 479 g/mol. The van der Waals surface area contributed by atoms with Gasteiger partial charge in [-0.25, -0.2) is 4.68 Å². The smallest absolute Gasteiger partial charge is 0.543 e. The van der Waals surface area contributed by atoms with E-state index in [4.69, 9.17) is 0 Å². The zero-order valence-corrected chi connectivity index (χ0v) is 20.8. The Morgan fingerprint density at radius 1 is 1.39 bits per heavy atom. The summed E-state index contributed by atoms with van der Waals surface area (Å²) in [5.41, 5.74) is 0.453. The quantitative estimate of drug-likeness (QED) is 0.219. The van der Waals surface area contributed by atoms with Crippen molar-refractivity contribution >= 4 is 52.6 Å². The Labute approximate surface area is 210 Å². The van der Waals surface area contributed by atoms with Crippen LogP contribution in [0.2, 0.25) is 0 Å². The predicted molar refractivity (Wildman–Crippen MR) is 104 cm³/mol. The molecule has 2 aromatic rings. The number of rotatable bonds is 7. The number of aromatic nitrogens is 6. The van der Waals surface area contributed by atoms with E-state index in [9.17, 15) is 19.5 Å². The third-order valence-electron chi connectivity index (χ3n) is 4.13. The maximum atomic E-state index is 12.6. The first kappa shape index (κ1) is 25.7. The molecule has 1 saturated heterocycles. The number of carbonyl (C=O) groups excluding carboxylic acids is 3. The molecule has 0 bridgehead atoms. The molecule has 2 amide bonds. The predicted octanol–water partition coefficient (Wildman–Crippen LogP) is -5.79. The van der Waals surface area contributed by atoms with Crippen LogP contribution < -0.4 is 40.0 Å². The zero-order valence-electron chi connectivity index (χ0n) is 16.3. The minimum atomic E-state index is -1.41. The number of tetrazole rings is 1. The molecule has 0 aromatic carbocycles. The summed E-state index contributed by atoms with van der Waals surface area (Å²) >= 11 is 4.17. The van der Waals surface area contributed by atoms with E-state index in [-0.39, 0.29) is 47.3 Å². The molecule has 4 rings (SSSR count). The zero-order chi connectivity index (χ0) is 20.5. The molecule has 1 fully saturated rings. The van der Waals surface area contributed by atoms with Gasteiger partial charge in [-0.2, -0.15) is 0 Å². The Hall–Kier alpha value is -1.56. The number of aryl methyl sites for hydroxylation is 1. The molecule has 2 aliphatic heterocycles. The summed E-state index contributed by atoms with van der Waals surface area (Å²) in [6.45, 7) is 1.70. The molecule has 2 aromatic heterocycles. The molecule has 0 spiro atoms. The van der Waals surface area contributed by atoms with Gasteiger partial charge in [0, 0.05) is 11.5 Å². The van der Waals surface area contributed by atoms with Crippen LogP contribution in [0.4, 0.5) is 0 Å². The first-order valence-corrected chi connectivity index (χ1v) is 11.1. The molecule has 0 saturated carbocycles. The molecule has 0 aliphatic carbocycles. The van der Waals surface area contributed by atoms with E-state index in [1.807, 2.05) is 6.92 Å². The summed E-state index contributed by atoms with van der Waals surface area (Å²) < 4.78 is 1.95. The second kappa shape index (κ2) is 10.8. The number of amides is 2. The number of hydrogen-bond donors (Lipinski definition) is 1. The van der Waals surface area contributed by atoms with Crippen molar-refractivity contribution in [3.63, 3.8) is 0 Å². The summed E-state index contributed by atoms with van der Waals surface area (Å²) in [4.78, 5) is 37.6. The molecule has 2 unspecified atom stereocenters. The number of nitrogens with one attached hydrogen (secondary N) is 1. The Morgan fingerprint density at radius 3 is 2.77 bits per heavy atom. The van der Waals surface area contributed by atoms with Gasteiger partial charge in [-0.3, -0.25) is 14.5 Å². The van der Waals surface area contributed by atoms with E-state index in [0.29, 0.717) is 17.1 Å². The summed E-state index contributed by atoms with van der Waals surface area (Å²) in [6.07, 6.45) is 1.28. The van der Waals surface area contributed by atoms with Crippen molar-refractivity contribution in [1.29, 1.82) is 0 Å². The van der Waals surface area contributed by atoms with Crippen LogP contribution in [0.3, 0.4) is 0 Å². The second-order valence-corrected chi connectivity index (χ2v) is 9.59. The summed E-state index contributed by atoms with van der Waals surface area (Å²) in [5.74, 6) is -1.57. The maximum absolute atomic E-state index is 12.6. The van der Waals surface area contributed by atoms with Crippen molar-refractivity contribution in [2.24, 2.45) is 0 Å². The van der Waals surface area contributed by atoms with Gasteiger partial charge in [0.05, 0.1) is 11.7 Å². The van der Waals surface area contributed by atoms with Crippen LogP contribution in [0.25, 0.3) is 0 Å². The Bertz CT molecular complexity index is 1000. The molecule has 160 valence electrons. The summed E-state index contributed by atoms with van der Waals surface area (Å²) in [6, 6.07) is -0.807. The Balaban J connectivity index is 0.00000171. The van der Waals surface area contributed by atoms with Gasteiger partial charge in [0.15, 0.2) is 4.34 Å². The third-order valence-corrected chi connectivity index (χ3v) is 7.53. The topological polar surface area (TPSA) is 190 Å². The van der Waals surface area contributed by atoms with Crippen LogP contribution in [-0.2, 0) is 20.9 Å². The van der Waals surface area contributed by atoms with E-state index < -0.39 is 29.2 Å². The summed E-state index contributed by atoms with van der Waals surface area (Å²) in [7, 11) is 0. The average molecular weight is 495 g/mol. The standard InChI is InChI=1S/C14H14N8O4S3.Na.H2O/c1-6-17-18-14(29-6)28-4-7-3-27-12-9(11(24)22(12)10(7)13(25)26)16-8(23)2-21-5-15-19-20-21;;/h5,9,12H,2-4H2,1H3,(H,16,23)(H,25,26);;1H2/q;+1;/p-1. The van der Waals surface area contributed by atoms with Crippen molar-refractivity contribution in [3.8, 4) is 0 Å². The second-order valence-electron chi connectivity index (χ2n) is 6.08. The van der Waals surface area contributed by atoms with Gasteiger partial charge >= 0.3 is 29.6 Å². The molecule has 3 N–H and O–H groups in total. The van der Waals surface area contributed by atoms with Crippen molar-refractivity contribution in [1.82, 2.24) is 40.6 Å². The number of thioether (sulfide) groups is 2. The van der Waals surface area contributed by atoms with Gasteiger partial charge in [0.1, 0.15) is 29.3 Å². The third kappa shape index (κ3) is 5.44. The molecular formula is C14H15N8NaO5S3. The van der Waals surface area contributed by atoms with Crippen LogP contribution in [0.15, 0.2) is 21.9 Å². The largest absolute Gasteiger partial charge is 1.00 e. The van der Waals surface area contributed by atoms with E-state index in [1.54, 1.807) is 0 Å². The van der Waals surface area contributed by atoms with Crippen LogP contribution in [0.5, 0.6) is 0 Å². The molecule has 17 heteroatoms. The van der Waals surface area contributed by atoms with E-state index in [0.717, 1.165) is 9.35 Å². The first-order valence-electron chi connectivity index (χ1n) is 8.25.